The molecule has 1 saturated heterocycles. The SMILES string of the molecule is CC(C)N(CC1CCNCC1)c1nnc2ccccc2n1. The number of benzene rings is 1. The lowest BCUT2D eigenvalue weighted by Crippen LogP contribution is -2.40. The van der Waals surface area contributed by atoms with Gasteiger partial charge in [-0.25, -0.2) is 4.98 Å². The van der Waals surface area contributed by atoms with Crippen molar-refractivity contribution in [3.63, 3.8) is 0 Å². The molecule has 1 aliphatic rings. The molecular weight excluding hydrogens is 262 g/mol. The lowest BCUT2D eigenvalue weighted by Gasteiger charge is -2.32. The topological polar surface area (TPSA) is 53.9 Å². The highest BCUT2D eigenvalue weighted by atomic mass is 15.3. The van der Waals surface area contributed by atoms with E-state index in [-0.39, 0.29) is 0 Å². The van der Waals surface area contributed by atoms with Crippen LogP contribution in [0.3, 0.4) is 0 Å². The number of hydrogen-bond acceptors (Lipinski definition) is 5. The van der Waals surface area contributed by atoms with Gasteiger partial charge in [-0.05, 0) is 57.8 Å². The predicted octanol–water partition coefficient (Wildman–Crippen LogP) is 2.24. The fourth-order valence-electron chi connectivity index (χ4n) is 2.86. The second-order valence-corrected chi connectivity index (χ2v) is 6.04. The van der Waals surface area contributed by atoms with Gasteiger partial charge < -0.3 is 10.2 Å². The molecule has 2 heterocycles. The number of nitrogens with zero attached hydrogens (tertiary/aromatic N) is 4. The van der Waals surface area contributed by atoms with E-state index in [0.717, 1.165) is 36.6 Å². The van der Waals surface area contributed by atoms with Crippen molar-refractivity contribution >= 4 is 17.0 Å². The molecule has 0 atom stereocenters. The smallest absolute Gasteiger partial charge is 0.246 e. The van der Waals surface area contributed by atoms with Gasteiger partial charge in [0, 0.05) is 12.6 Å². The fourth-order valence-corrected chi connectivity index (χ4v) is 2.86. The number of para-hydroxylation sites is 1. The van der Waals surface area contributed by atoms with E-state index < -0.39 is 0 Å². The zero-order valence-electron chi connectivity index (χ0n) is 12.8. The molecule has 21 heavy (non-hydrogen) atoms. The summed E-state index contributed by atoms with van der Waals surface area (Å²) in [4.78, 5) is 6.99. The quantitative estimate of drug-likeness (QED) is 0.933. The molecule has 5 nitrogen and oxygen atoms in total. The molecule has 1 aliphatic heterocycles. The number of piperidine rings is 1. The third-order valence-electron chi connectivity index (χ3n) is 4.14. The molecule has 0 saturated carbocycles. The number of rotatable bonds is 4. The summed E-state index contributed by atoms with van der Waals surface area (Å²) in [5.74, 6) is 1.46. The van der Waals surface area contributed by atoms with E-state index in [1.807, 2.05) is 24.3 Å². The molecule has 1 aromatic carbocycles. The van der Waals surface area contributed by atoms with Gasteiger partial charge in [-0.2, -0.15) is 0 Å². The standard InChI is InChI=1S/C16H23N5/c1-12(2)21(11-13-7-9-17-10-8-13)16-18-14-5-3-4-6-15(14)19-20-16/h3-6,12-13,17H,7-11H2,1-2H3. The molecular formula is C16H23N5. The van der Waals surface area contributed by atoms with Gasteiger partial charge in [0.15, 0.2) is 0 Å². The van der Waals surface area contributed by atoms with Gasteiger partial charge >= 0.3 is 0 Å². The molecule has 5 heteroatoms. The predicted molar refractivity (Wildman–Crippen MR) is 85.4 cm³/mol. The Morgan fingerprint density at radius 1 is 1.14 bits per heavy atom. The maximum atomic E-state index is 4.70. The van der Waals surface area contributed by atoms with E-state index in [0.29, 0.717) is 12.0 Å². The Kier molecular flexibility index (Phi) is 4.29. The summed E-state index contributed by atoms with van der Waals surface area (Å²) in [6.45, 7) is 7.64. The van der Waals surface area contributed by atoms with Crippen LogP contribution in [0.1, 0.15) is 26.7 Å². The monoisotopic (exact) mass is 285 g/mol. The van der Waals surface area contributed by atoms with Crippen molar-refractivity contribution in [3.8, 4) is 0 Å². The van der Waals surface area contributed by atoms with Crippen molar-refractivity contribution < 1.29 is 0 Å². The highest BCUT2D eigenvalue weighted by molar-refractivity contribution is 5.74. The lowest BCUT2D eigenvalue weighted by molar-refractivity contribution is 0.366. The van der Waals surface area contributed by atoms with E-state index in [4.69, 9.17) is 4.98 Å². The average molecular weight is 285 g/mol. The van der Waals surface area contributed by atoms with Crippen LogP contribution in [0.2, 0.25) is 0 Å². The molecule has 1 N–H and O–H groups in total. The number of anilines is 1. The maximum Gasteiger partial charge on any atom is 0.246 e. The minimum absolute atomic E-state index is 0.378. The molecule has 0 amide bonds. The van der Waals surface area contributed by atoms with Crippen LogP contribution in [0.5, 0.6) is 0 Å². The van der Waals surface area contributed by atoms with Crippen LogP contribution in [-0.4, -0.2) is 40.9 Å². The zero-order valence-corrected chi connectivity index (χ0v) is 12.8. The average Bonchev–Trinajstić information content (AvgIpc) is 2.53. The Morgan fingerprint density at radius 3 is 2.57 bits per heavy atom. The Hall–Kier alpha value is -1.75. The molecule has 0 spiro atoms. The Morgan fingerprint density at radius 2 is 1.86 bits per heavy atom. The van der Waals surface area contributed by atoms with Gasteiger partial charge in [0.2, 0.25) is 5.95 Å². The van der Waals surface area contributed by atoms with Gasteiger partial charge in [0.05, 0.1) is 5.52 Å². The summed E-state index contributed by atoms with van der Waals surface area (Å²) in [5.41, 5.74) is 1.77. The van der Waals surface area contributed by atoms with Crippen molar-refractivity contribution in [1.29, 1.82) is 0 Å². The minimum atomic E-state index is 0.378. The van der Waals surface area contributed by atoms with Crippen LogP contribution in [-0.2, 0) is 0 Å². The first-order valence-electron chi connectivity index (χ1n) is 7.81. The van der Waals surface area contributed by atoms with Crippen molar-refractivity contribution in [2.75, 3.05) is 24.5 Å². The largest absolute Gasteiger partial charge is 0.337 e. The molecule has 1 fully saturated rings. The number of aromatic nitrogens is 3. The van der Waals surface area contributed by atoms with Crippen molar-refractivity contribution in [2.45, 2.75) is 32.7 Å². The molecule has 0 radical (unpaired) electrons. The zero-order chi connectivity index (χ0) is 14.7. The number of nitrogens with one attached hydrogen (secondary N) is 1. The third kappa shape index (κ3) is 3.29. The van der Waals surface area contributed by atoms with Crippen LogP contribution < -0.4 is 10.2 Å². The maximum absolute atomic E-state index is 4.70. The van der Waals surface area contributed by atoms with Crippen LogP contribution in [0.25, 0.3) is 11.0 Å². The van der Waals surface area contributed by atoms with Crippen LogP contribution in [0.4, 0.5) is 5.95 Å². The van der Waals surface area contributed by atoms with Gasteiger partial charge in [0.1, 0.15) is 5.52 Å². The molecule has 0 bridgehead atoms. The Balaban J connectivity index is 1.84. The lowest BCUT2D eigenvalue weighted by atomic mass is 9.97. The van der Waals surface area contributed by atoms with Gasteiger partial charge in [-0.15, -0.1) is 10.2 Å². The third-order valence-corrected chi connectivity index (χ3v) is 4.14. The summed E-state index contributed by atoms with van der Waals surface area (Å²) < 4.78 is 0. The Labute approximate surface area is 125 Å². The number of fused-ring (bicyclic) bond motifs is 1. The number of hydrogen-bond donors (Lipinski definition) is 1. The van der Waals surface area contributed by atoms with Crippen molar-refractivity contribution in [3.05, 3.63) is 24.3 Å². The van der Waals surface area contributed by atoms with Gasteiger partial charge in [-0.3, -0.25) is 0 Å². The summed E-state index contributed by atoms with van der Waals surface area (Å²) in [6.07, 6.45) is 2.45. The van der Waals surface area contributed by atoms with Crippen LogP contribution in [0, 0.1) is 5.92 Å². The molecule has 112 valence electrons. The summed E-state index contributed by atoms with van der Waals surface area (Å²) in [6, 6.07) is 8.28. The Bertz CT molecular complexity index is 592. The fraction of sp³-hybridized carbons (Fsp3) is 0.562. The summed E-state index contributed by atoms with van der Waals surface area (Å²) >= 11 is 0. The molecule has 0 aliphatic carbocycles. The summed E-state index contributed by atoms with van der Waals surface area (Å²) in [7, 11) is 0. The van der Waals surface area contributed by atoms with Crippen molar-refractivity contribution in [2.24, 2.45) is 5.92 Å². The first kappa shape index (κ1) is 14.2. The van der Waals surface area contributed by atoms with E-state index in [9.17, 15) is 0 Å². The van der Waals surface area contributed by atoms with Crippen LogP contribution in [0.15, 0.2) is 24.3 Å². The highest BCUT2D eigenvalue weighted by Gasteiger charge is 2.21. The molecule has 0 unspecified atom stereocenters. The first-order valence-corrected chi connectivity index (χ1v) is 7.81. The minimum Gasteiger partial charge on any atom is -0.337 e. The van der Waals surface area contributed by atoms with E-state index in [1.165, 1.54) is 12.8 Å². The second kappa shape index (κ2) is 6.35. The molecule has 1 aromatic heterocycles. The molecule has 3 rings (SSSR count). The van der Waals surface area contributed by atoms with E-state index in [1.54, 1.807) is 0 Å². The second-order valence-electron chi connectivity index (χ2n) is 6.04. The van der Waals surface area contributed by atoms with Gasteiger partial charge in [-0.1, -0.05) is 12.1 Å². The summed E-state index contributed by atoms with van der Waals surface area (Å²) in [5, 5.41) is 12.1. The highest BCUT2D eigenvalue weighted by Crippen LogP contribution is 2.20. The van der Waals surface area contributed by atoms with Gasteiger partial charge in [0.25, 0.3) is 0 Å². The molecule has 2 aromatic rings. The van der Waals surface area contributed by atoms with Crippen molar-refractivity contribution in [1.82, 2.24) is 20.5 Å². The van der Waals surface area contributed by atoms with Crippen LogP contribution >= 0.6 is 0 Å². The first-order chi connectivity index (χ1) is 10.2. The van der Waals surface area contributed by atoms with E-state index in [2.05, 4.69) is 34.3 Å². The normalized spacial score (nSPS) is 16.5. The van der Waals surface area contributed by atoms with E-state index >= 15 is 0 Å².